The number of halogens is 3. The maximum Gasteiger partial charge on any atom is 0.433 e. The van der Waals surface area contributed by atoms with Gasteiger partial charge in [0.1, 0.15) is 5.82 Å². The monoisotopic (exact) mass is 275 g/mol. The lowest BCUT2D eigenvalue weighted by Gasteiger charge is -2.20. The summed E-state index contributed by atoms with van der Waals surface area (Å²) in [4.78, 5) is 9.13. The van der Waals surface area contributed by atoms with Crippen molar-refractivity contribution in [3.05, 3.63) is 11.8 Å². The van der Waals surface area contributed by atoms with Crippen LogP contribution in [0.5, 0.6) is 0 Å². The summed E-state index contributed by atoms with van der Waals surface area (Å²) in [5, 5.41) is 2.90. The van der Waals surface area contributed by atoms with Crippen LogP contribution in [-0.4, -0.2) is 41.0 Å². The van der Waals surface area contributed by atoms with Gasteiger partial charge in [-0.05, 0) is 26.4 Å². The number of nitrogens with one attached hydrogen (secondary N) is 1. The zero-order chi connectivity index (χ0) is 14.0. The summed E-state index contributed by atoms with van der Waals surface area (Å²) >= 11 is 0. The molecule has 1 unspecified atom stereocenters. The molecule has 3 N–H and O–H groups in total. The van der Waals surface area contributed by atoms with E-state index in [0.717, 1.165) is 25.5 Å². The van der Waals surface area contributed by atoms with Crippen molar-refractivity contribution in [2.45, 2.75) is 25.1 Å². The van der Waals surface area contributed by atoms with Crippen LogP contribution in [0.15, 0.2) is 6.07 Å². The summed E-state index contributed by atoms with van der Waals surface area (Å²) in [6, 6.07) is 1.19. The molecule has 0 amide bonds. The number of hydrogen-bond acceptors (Lipinski definition) is 5. The molecule has 19 heavy (non-hydrogen) atoms. The summed E-state index contributed by atoms with van der Waals surface area (Å²) < 4.78 is 37.7. The molecule has 1 aromatic heterocycles. The number of nitrogens with two attached hydrogens (primary N) is 1. The molecule has 1 aliphatic heterocycles. The topological polar surface area (TPSA) is 67.1 Å². The molecule has 0 saturated carbocycles. The minimum Gasteiger partial charge on any atom is -0.368 e. The SMILES string of the molecule is CN1CCCC1CNc1cc(C(F)(F)F)nc(N)n1. The summed E-state index contributed by atoms with van der Waals surface area (Å²) in [5.74, 6) is -0.266. The van der Waals surface area contributed by atoms with Gasteiger partial charge in [-0.25, -0.2) is 4.98 Å². The molecular weight excluding hydrogens is 259 g/mol. The normalized spacial score (nSPS) is 20.7. The van der Waals surface area contributed by atoms with Crippen LogP contribution in [0.3, 0.4) is 0 Å². The molecule has 1 fully saturated rings. The van der Waals surface area contributed by atoms with Crippen LogP contribution in [0.2, 0.25) is 0 Å². The van der Waals surface area contributed by atoms with E-state index in [-0.39, 0.29) is 11.8 Å². The largest absolute Gasteiger partial charge is 0.433 e. The average Bonchev–Trinajstić information content (AvgIpc) is 2.70. The van der Waals surface area contributed by atoms with Crippen molar-refractivity contribution in [2.75, 3.05) is 31.2 Å². The Morgan fingerprint density at radius 3 is 2.79 bits per heavy atom. The van der Waals surface area contributed by atoms with Crippen molar-refractivity contribution in [3.63, 3.8) is 0 Å². The van der Waals surface area contributed by atoms with Gasteiger partial charge in [0.2, 0.25) is 5.95 Å². The number of anilines is 2. The van der Waals surface area contributed by atoms with Crippen molar-refractivity contribution >= 4 is 11.8 Å². The van der Waals surface area contributed by atoms with Crippen LogP contribution in [0.25, 0.3) is 0 Å². The molecule has 2 heterocycles. The standard InChI is InChI=1S/C11H16F3N5/c1-19-4-2-3-7(19)6-16-9-5-8(11(12,13)14)17-10(15)18-9/h5,7H,2-4,6H2,1H3,(H3,15,16,17,18). The van der Waals surface area contributed by atoms with E-state index in [1.807, 2.05) is 7.05 Å². The van der Waals surface area contributed by atoms with Gasteiger partial charge in [-0.1, -0.05) is 0 Å². The quantitative estimate of drug-likeness (QED) is 0.876. The van der Waals surface area contributed by atoms with E-state index in [9.17, 15) is 13.2 Å². The second kappa shape index (κ2) is 5.20. The first-order valence-corrected chi connectivity index (χ1v) is 6.02. The summed E-state index contributed by atoms with van der Waals surface area (Å²) in [6.45, 7) is 1.55. The molecule has 1 aliphatic rings. The maximum absolute atomic E-state index is 12.6. The van der Waals surface area contributed by atoms with Gasteiger partial charge in [-0.15, -0.1) is 0 Å². The predicted molar refractivity (Wildman–Crippen MR) is 65.6 cm³/mol. The van der Waals surface area contributed by atoms with Gasteiger partial charge in [0, 0.05) is 18.7 Å². The number of likely N-dealkylation sites (tertiary alicyclic amines) is 1. The third kappa shape index (κ3) is 3.46. The van der Waals surface area contributed by atoms with Gasteiger partial charge in [-0.3, -0.25) is 0 Å². The van der Waals surface area contributed by atoms with Crippen molar-refractivity contribution in [1.82, 2.24) is 14.9 Å². The highest BCUT2D eigenvalue weighted by Gasteiger charge is 2.33. The zero-order valence-electron chi connectivity index (χ0n) is 10.5. The van der Waals surface area contributed by atoms with Gasteiger partial charge in [0.05, 0.1) is 0 Å². The fraction of sp³-hybridized carbons (Fsp3) is 0.636. The molecule has 2 rings (SSSR count). The minimum absolute atomic E-state index is 0.111. The zero-order valence-corrected chi connectivity index (χ0v) is 10.5. The Hall–Kier alpha value is -1.57. The molecule has 106 valence electrons. The molecular formula is C11H16F3N5. The van der Waals surface area contributed by atoms with E-state index < -0.39 is 11.9 Å². The number of likely N-dealkylation sites (N-methyl/N-ethyl adjacent to an activating group) is 1. The van der Waals surface area contributed by atoms with Crippen LogP contribution in [0, 0.1) is 0 Å². The first-order chi connectivity index (χ1) is 8.86. The Bertz CT molecular complexity index is 448. The highest BCUT2D eigenvalue weighted by molar-refractivity contribution is 5.41. The number of nitrogens with zero attached hydrogens (tertiary/aromatic N) is 3. The van der Waals surface area contributed by atoms with E-state index in [4.69, 9.17) is 5.73 Å². The van der Waals surface area contributed by atoms with Crippen LogP contribution >= 0.6 is 0 Å². The Morgan fingerprint density at radius 1 is 1.47 bits per heavy atom. The first kappa shape index (κ1) is 13.9. The summed E-state index contributed by atoms with van der Waals surface area (Å²) in [5.41, 5.74) is 4.27. The molecule has 1 atom stereocenters. The number of aromatic nitrogens is 2. The van der Waals surface area contributed by atoms with Crippen molar-refractivity contribution in [2.24, 2.45) is 0 Å². The molecule has 1 saturated heterocycles. The third-order valence-electron chi connectivity index (χ3n) is 3.22. The van der Waals surface area contributed by atoms with E-state index in [1.54, 1.807) is 0 Å². The van der Waals surface area contributed by atoms with Crippen LogP contribution in [0.4, 0.5) is 24.9 Å². The molecule has 0 spiro atoms. The maximum atomic E-state index is 12.6. The minimum atomic E-state index is -4.52. The predicted octanol–water partition coefficient (Wildman–Crippen LogP) is 1.58. The molecule has 5 nitrogen and oxygen atoms in total. The second-order valence-corrected chi connectivity index (χ2v) is 4.65. The second-order valence-electron chi connectivity index (χ2n) is 4.65. The number of hydrogen-bond donors (Lipinski definition) is 2. The van der Waals surface area contributed by atoms with Gasteiger partial charge in [0.15, 0.2) is 5.69 Å². The van der Waals surface area contributed by atoms with E-state index >= 15 is 0 Å². The van der Waals surface area contributed by atoms with Crippen molar-refractivity contribution < 1.29 is 13.2 Å². The molecule has 8 heteroatoms. The number of nitrogen functional groups attached to an aromatic ring is 1. The first-order valence-electron chi connectivity index (χ1n) is 6.02. The fourth-order valence-corrected chi connectivity index (χ4v) is 2.16. The van der Waals surface area contributed by atoms with E-state index in [1.165, 1.54) is 0 Å². The smallest absolute Gasteiger partial charge is 0.368 e. The van der Waals surface area contributed by atoms with Crippen molar-refractivity contribution in [3.8, 4) is 0 Å². The van der Waals surface area contributed by atoms with Crippen LogP contribution in [0.1, 0.15) is 18.5 Å². The Balaban J connectivity index is 2.06. The van der Waals surface area contributed by atoms with Gasteiger partial charge >= 0.3 is 6.18 Å². The average molecular weight is 275 g/mol. The highest BCUT2D eigenvalue weighted by Crippen LogP contribution is 2.29. The lowest BCUT2D eigenvalue weighted by Crippen LogP contribution is -2.31. The molecule has 0 aliphatic carbocycles. The van der Waals surface area contributed by atoms with Crippen LogP contribution in [-0.2, 0) is 6.18 Å². The van der Waals surface area contributed by atoms with Gasteiger partial charge < -0.3 is 16.0 Å². The number of rotatable bonds is 3. The Kier molecular flexibility index (Phi) is 3.79. The van der Waals surface area contributed by atoms with Gasteiger partial charge in [0.25, 0.3) is 0 Å². The molecule has 0 radical (unpaired) electrons. The molecule has 1 aromatic rings. The highest BCUT2D eigenvalue weighted by atomic mass is 19.4. The number of alkyl halides is 3. The fourth-order valence-electron chi connectivity index (χ4n) is 2.16. The third-order valence-corrected chi connectivity index (χ3v) is 3.22. The van der Waals surface area contributed by atoms with Crippen LogP contribution < -0.4 is 11.1 Å². The molecule has 0 aromatic carbocycles. The van der Waals surface area contributed by atoms with Crippen molar-refractivity contribution in [1.29, 1.82) is 0 Å². The lowest BCUT2D eigenvalue weighted by atomic mass is 10.2. The Morgan fingerprint density at radius 2 is 2.21 bits per heavy atom. The lowest BCUT2D eigenvalue weighted by molar-refractivity contribution is -0.141. The summed E-state index contributed by atoms with van der Waals surface area (Å²) in [7, 11) is 1.99. The van der Waals surface area contributed by atoms with Gasteiger partial charge in [-0.2, -0.15) is 18.2 Å². The Labute approximate surface area is 109 Å². The molecule has 0 bridgehead atoms. The van der Waals surface area contributed by atoms with E-state index in [2.05, 4.69) is 20.2 Å². The summed E-state index contributed by atoms with van der Waals surface area (Å²) in [6.07, 6.45) is -2.39. The van der Waals surface area contributed by atoms with E-state index in [0.29, 0.717) is 12.6 Å².